The van der Waals surface area contributed by atoms with Crippen molar-refractivity contribution in [3.8, 4) is 22.9 Å². The van der Waals surface area contributed by atoms with Crippen LogP contribution in [-0.4, -0.2) is 12.6 Å². The largest absolute Gasteiger partial charge is 0.309 e. The highest BCUT2D eigenvalue weighted by molar-refractivity contribution is 7.20. The topological polar surface area (TPSA) is 37.4 Å². The summed E-state index contributed by atoms with van der Waals surface area (Å²) in [7, 11) is -3.16. The Morgan fingerprint density at radius 1 is 0.540 bits per heavy atom. The van der Waals surface area contributed by atoms with Gasteiger partial charge in [-0.05, 0) is 62.0 Å². The van der Waals surface area contributed by atoms with Gasteiger partial charge in [-0.15, -0.1) is 0 Å². The molecule has 0 N–H and O–H groups in total. The van der Waals surface area contributed by atoms with Gasteiger partial charge in [-0.25, -0.2) is 9.69 Å². The molecule has 0 aliphatic rings. The molecule has 0 aliphatic heterocycles. The van der Waals surface area contributed by atoms with Crippen LogP contribution in [0.15, 0.2) is 170 Å². The minimum absolute atomic E-state index is 0.353. The zero-order valence-electron chi connectivity index (χ0n) is 27.0. The molecule has 232 valence electrons. The van der Waals surface area contributed by atoms with Crippen LogP contribution < -0.4 is 20.7 Å². The Kier molecular flexibility index (Phi) is 7.63. The number of nitrogens with zero attached hydrogens (tertiary/aromatic N) is 4. The summed E-state index contributed by atoms with van der Waals surface area (Å²) in [6.45, 7) is 16.2. The summed E-state index contributed by atoms with van der Waals surface area (Å²) in [6.07, 6.45) is 0. The minimum atomic E-state index is -3.16. The molecule has 7 aromatic carbocycles. The summed E-state index contributed by atoms with van der Waals surface area (Å²) in [6, 6.07) is 60.3. The first-order chi connectivity index (χ1) is 24.7. The molecule has 0 saturated heterocycles. The standard InChI is InChI=1S/C45H28N4Si/c1-47-34-26-27-43-40(30-34)39-23-13-15-25-42(39)49(43)41-24-14-12-22-38(41)32-28-33(31-46)45(48-2)44(29-32)50(35-16-6-3-7-17-35,36-18-8-4-9-19-36)37-20-10-5-11-21-37/h3-30H. The Balaban J connectivity index is 1.50. The number of aromatic nitrogens is 1. The van der Waals surface area contributed by atoms with E-state index in [9.17, 15) is 5.26 Å². The van der Waals surface area contributed by atoms with E-state index in [1.165, 1.54) is 0 Å². The monoisotopic (exact) mass is 652 g/mol. The fraction of sp³-hybridized carbons (Fsp3) is 0. The maximum Gasteiger partial charge on any atom is 0.205 e. The fourth-order valence-electron chi connectivity index (χ4n) is 7.52. The molecule has 50 heavy (non-hydrogen) atoms. The summed E-state index contributed by atoms with van der Waals surface area (Å²) in [5.41, 5.74) is 6.11. The van der Waals surface area contributed by atoms with Crippen LogP contribution in [0.4, 0.5) is 11.4 Å². The van der Waals surface area contributed by atoms with Gasteiger partial charge in [0.1, 0.15) is 0 Å². The molecule has 8 aromatic rings. The van der Waals surface area contributed by atoms with Crippen LogP contribution >= 0.6 is 0 Å². The molecule has 0 spiro atoms. The van der Waals surface area contributed by atoms with Crippen molar-refractivity contribution in [1.82, 2.24) is 4.57 Å². The lowest BCUT2D eigenvalue weighted by Gasteiger charge is -2.36. The van der Waals surface area contributed by atoms with Crippen molar-refractivity contribution in [1.29, 1.82) is 5.26 Å². The SMILES string of the molecule is [C-]#[N+]c1ccc2c(c1)c1ccccc1n2-c1ccccc1-c1cc(C#N)c([N+]#[C-])c([Si](c2ccccc2)(c2ccccc2)c2ccccc2)c1. The van der Waals surface area contributed by atoms with Crippen LogP contribution in [0.25, 0.3) is 48.3 Å². The summed E-state index contributed by atoms with van der Waals surface area (Å²) in [5, 5.41) is 17.1. The van der Waals surface area contributed by atoms with E-state index < -0.39 is 8.07 Å². The molecule has 0 saturated carbocycles. The van der Waals surface area contributed by atoms with Gasteiger partial charge in [-0.2, -0.15) is 5.26 Å². The molecule has 0 fully saturated rings. The zero-order chi connectivity index (χ0) is 34.1. The van der Waals surface area contributed by atoms with Gasteiger partial charge in [0.15, 0.2) is 13.8 Å². The molecule has 0 unspecified atom stereocenters. The molecule has 8 rings (SSSR count). The first-order valence-corrected chi connectivity index (χ1v) is 18.3. The molecule has 5 heteroatoms. The van der Waals surface area contributed by atoms with Crippen LogP contribution in [-0.2, 0) is 0 Å². The average Bonchev–Trinajstić information content (AvgIpc) is 3.52. The van der Waals surface area contributed by atoms with E-state index in [4.69, 9.17) is 13.1 Å². The Morgan fingerprint density at radius 2 is 1.10 bits per heavy atom. The molecular weight excluding hydrogens is 625 g/mol. The van der Waals surface area contributed by atoms with Crippen LogP contribution in [0.5, 0.6) is 0 Å². The first-order valence-electron chi connectivity index (χ1n) is 16.3. The molecule has 0 aliphatic carbocycles. The van der Waals surface area contributed by atoms with E-state index in [1.54, 1.807) is 0 Å². The predicted octanol–water partition coefficient (Wildman–Crippen LogP) is 8.80. The van der Waals surface area contributed by atoms with Gasteiger partial charge in [-0.3, -0.25) is 0 Å². The average molecular weight is 653 g/mol. The third-order valence-electron chi connectivity index (χ3n) is 9.61. The quantitative estimate of drug-likeness (QED) is 0.101. The molecule has 1 aromatic heterocycles. The Morgan fingerprint density at radius 3 is 1.70 bits per heavy atom. The van der Waals surface area contributed by atoms with Crippen LogP contribution in [0.2, 0.25) is 0 Å². The lowest BCUT2D eigenvalue weighted by Crippen LogP contribution is -2.74. The number of nitriles is 1. The number of fused-ring (bicyclic) bond motifs is 3. The van der Waals surface area contributed by atoms with E-state index in [0.29, 0.717) is 16.9 Å². The van der Waals surface area contributed by atoms with E-state index in [-0.39, 0.29) is 0 Å². The molecule has 0 bridgehead atoms. The van der Waals surface area contributed by atoms with E-state index >= 15 is 0 Å². The Hall–Kier alpha value is -6.97. The van der Waals surface area contributed by atoms with Gasteiger partial charge in [0, 0.05) is 10.9 Å². The first kappa shape index (κ1) is 30.4. The normalized spacial score (nSPS) is 11.1. The second-order valence-electron chi connectivity index (χ2n) is 12.2. The Labute approximate surface area is 292 Å². The van der Waals surface area contributed by atoms with Gasteiger partial charge in [0.2, 0.25) is 5.69 Å². The molecule has 0 amide bonds. The van der Waals surface area contributed by atoms with E-state index in [1.807, 2.05) is 66.7 Å². The Bertz CT molecular complexity index is 2580. The van der Waals surface area contributed by atoms with Crippen LogP contribution in [0.1, 0.15) is 5.56 Å². The highest BCUT2D eigenvalue weighted by Gasteiger charge is 2.43. The third kappa shape index (κ3) is 4.72. The van der Waals surface area contributed by atoms with Gasteiger partial charge in [-0.1, -0.05) is 140 Å². The maximum atomic E-state index is 10.7. The smallest absolute Gasteiger partial charge is 0.205 e. The van der Waals surface area contributed by atoms with Crippen LogP contribution in [0.3, 0.4) is 0 Å². The van der Waals surface area contributed by atoms with Gasteiger partial charge in [0.25, 0.3) is 0 Å². The van der Waals surface area contributed by atoms with Crippen molar-refractivity contribution < 1.29 is 0 Å². The van der Waals surface area contributed by atoms with E-state index in [2.05, 4.69) is 123 Å². The molecule has 0 atom stereocenters. The molecule has 1 heterocycles. The number of hydrogen-bond donors (Lipinski definition) is 0. The number of rotatable bonds is 6. The van der Waals surface area contributed by atoms with E-state index in [0.717, 1.165) is 59.4 Å². The lowest BCUT2D eigenvalue weighted by atomic mass is 10.00. The summed E-state index contributed by atoms with van der Waals surface area (Å²) in [5.74, 6) is 0. The van der Waals surface area contributed by atoms with Crippen molar-refractivity contribution in [2.45, 2.75) is 0 Å². The van der Waals surface area contributed by atoms with Crippen molar-refractivity contribution in [2.24, 2.45) is 0 Å². The number of benzene rings is 7. The predicted molar refractivity (Wildman–Crippen MR) is 207 cm³/mol. The fourth-order valence-corrected chi connectivity index (χ4v) is 12.4. The van der Waals surface area contributed by atoms with Crippen LogP contribution in [0, 0.1) is 24.5 Å². The summed E-state index contributed by atoms with van der Waals surface area (Å²) < 4.78 is 2.25. The highest BCUT2D eigenvalue weighted by Crippen LogP contribution is 2.38. The molecule has 4 nitrogen and oxygen atoms in total. The second-order valence-corrected chi connectivity index (χ2v) is 15.9. The third-order valence-corrected chi connectivity index (χ3v) is 14.4. The summed E-state index contributed by atoms with van der Waals surface area (Å²) in [4.78, 5) is 7.83. The van der Waals surface area contributed by atoms with Crippen molar-refractivity contribution >= 4 is 62.0 Å². The molecular formula is C45H28N4Si. The van der Waals surface area contributed by atoms with Gasteiger partial charge >= 0.3 is 0 Å². The molecule has 0 radical (unpaired) electrons. The van der Waals surface area contributed by atoms with Crippen molar-refractivity contribution in [3.63, 3.8) is 0 Å². The maximum absolute atomic E-state index is 10.7. The number of hydrogen-bond acceptors (Lipinski definition) is 1. The van der Waals surface area contributed by atoms with Gasteiger partial charge in [0.05, 0.1) is 41.5 Å². The zero-order valence-corrected chi connectivity index (χ0v) is 28.0. The minimum Gasteiger partial charge on any atom is -0.309 e. The summed E-state index contributed by atoms with van der Waals surface area (Å²) >= 11 is 0. The van der Waals surface area contributed by atoms with Crippen molar-refractivity contribution in [2.75, 3.05) is 0 Å². The van der Waals surface area contributed by atoms with Crippen molar-refractivity contribution in [3.05, 3.63) is 198 Å². The number of para-hydroxylation sites is 2. The van der Waals surface area contributed by atoms with Gasteiger partial charge < -0.3 is 4.57 Å². The lowest BCUT2D eigenvalue weighted by molar-refractivity contribution is 1.18. The highest BCUT2D eigenvalue weighted by atomic mass is 28.3. The second kappa shape index (κ2) is 12.6.